The molecule has 1 fully saturated rings. The van der Waals surface area contributed by atoms with E-state index in [1.54, 1.807) is 6.07 Å². The van der Waals surface area contributed by atoms with Crippen molar-refractivity contribution in [1.29, 1.82) is 5.26 Å². The average Bonchev–Trinajstić information content (AvgIpc) is 2.17. The van der Waals surface area contributed by atoms with Gasteiger partial charge in [0.1, 0.15) is 11.6 Å². The molecule has 0 N–H and O–H groups in total. The van der Waals surface area contributed by atoms with E-state index in [0.717, 1.165) is 5.56 Å². The molecule has 3 heteroatoms. The van der Waals surface area contributed by atoms with Gasteiger partial charge in [0.15, 0.2) is 0 Å². The summed E-state index contributed by atoms with van der Waals surface area (Å²) >= 11 is 0. The number of nitriles is 1. The molecule has 2 rings (SSSR count). The van der Waals surface area contributed by atoms with Crippen LogP contribution in [-0.4, -0.2) is 5.78 Å². The van der Waals surface area contributed by atoms with Crippen LogP contribution in [0.1, 0.15) is 24.0 Å². The molecule has 2 nitrogen and oxygen atoms in total. The summed E-state index contributed by atoms with van der Waals surface area (Å²) in [4.78, 5) is 11.0. The molecule has 0 spiro atoms. The lowest BCUT2D eigenvalue weighted by Gasteiger charge is -2.35. The number of hydrogen-bond donors (Lipinski definition) is 0. The van der Waals surface area contributed by atoms with E-state index in [1.807, 2.05) is 6.92 Å². The monoisotopic (exact) mass is 203 g/mol. The standard InChI is InChI=1S/C12H10FNO/c1-8-2-3-9(13)4-11(8)12(7-14)5-10(15)6-12/h2-4H,5-6H2,1H3. The van der Waals surface area contributed by atoms with E-state index in [4.69, 9.17) is 5.26 Å². The first-order valence-corrected chi connectivity index (χ1v) is 4.77. The normalized spacial score (nSPS) is 18.1. The quantitative estimate of drug-likeness (QED) is 0.702. The number of hydrogen-bond acceptors (Lipinski definition) is 2. The van der Waals surface area contributed by atoms with E-state index in [2.05, 4.69) is 6.07 Å². The lowest BCUT2D eigenvalue weighted by molar-refractivity contribution is -0.126. The minimum Gasteiger partial charge on any atom is -0.300 e. The van der Waals surface area contributed by atoms with Gasteiger partial charge >= 0.3 is 0 Å². The molecule has 0 atom stereocenters. The van der Waals surface area contributed by atoms with Crippen molar-refractivity contribution in [3.8, 4) is 6.07 Å². The number of Topliss-reactive ketones (excluding diaryl/α,β-unsaturated/α-hetero) is 1. The van der Waals surface area contributed by atoms with Gasteiger partial charge in [0.05, 0.1) is 11.5 Å². The number of carbonyl (C=O) groups excluding carboxylic acids is 1. The van der Waals surface area contributed by atoms with Gasteiger partial charge in [0.2, 0.25) is 0 Å². The van der Waals surface area contributed by atoms with Gasteiger partial charge in [-0.2, -0.15) is 5.26 Å². The first kappa shape index (κ1) is 9.85. The molecule has 1 aliphatic carbocycles. The van der Waals surface area contributed by atoms with E-state index in [1.165, 1.54) is 12.1 Å². The van der Waals surface area contributed by atoms with Gasteiger partial charge in [-0.1, -0.05) is 6.07 Å². The Morgan fingerprint density at radius 2 is 2.13 bits per heavy atom. The van der Waals surface area contributed by atoms with E-state index >= 15 is 0 Å². The molecule has 76 valence electrons. The zero-order valence-electron chi connectivity index (χ0n) is 8.38. The van der Waals surface area contributed by atoms with Gasteiger partial charge in [0.25, 0.3) is 0 Å². The summed E-state index contributed by atoms with van der Waals surface area (Å²) in [5, 5.41) is 9.10. The van der Waals surface area contributed by atoms with Crippen LogP contribution >= 0.6 is 0 Å². The number of benzene rings is 1. The number of nitrogens with zero attached hydrogens (tertiary/aromatic N) is 1. The highest BCUT2D eigenvalue weighted by molar-refractivity contribution is 5.90. The van der Waals surface area contributed by atoms with Crippen LogP contribution in [0.5, 0.6) is 0 Å². The van der Waals surface area contributed by atoms with Gasteiger partial charge in [-0.05, 0) is 30.2 Å². The predicted molar refractivity (Wildman–Crippen MR) is 52.7 cm³/mol. The minimum atomic E-state index is -0.775. The predicted octanol–water partition coefficient (Wildman–Crippen LogP) is 2.26. The summed E-state index contributed by atoms with van der Waals surface area (Å²) in [5.74, 6) is -0.287. The lowest BCUT2D eigenvalue weighted by Crippen LogP contribution is -2.40. The molecule has 0 aromatic heterocycles. The Morgan fingerprint density at radius 3 is 2.67 bits per heavy atom. The maximum absolute atomic E-state index is 13.1. The van der Waals surface area contributed by atoms with Crippen molar-refractivity contribution in [3.05, 3.63) is 35.1 Å². The third-order valence-electron chi connectivity index (χ3n) is 2.93. The molecule has 0 heterocycles. The van der Waals surface area contributed by atoms with Crippen LogP contribution in [0.3, 0.4) is 0 Å². The lowest BCUT2D eigenvalue weighted by atomic mass is 9.64. The molecule has 1 aromatic rings. The molecule has 0 aliphatic heterocycles. The van der Waals surface area contributed by atoms with Crippen LogP contribution in [0.4, 0.5) is 4.39 Å². The second-order valence-electron chi connectivity index (χ2n) is 4.05. The van der Waals surface area contributed by atoms with Gasteiger partial charge in [-0.25, -0.2) is 4.39 Å². The molecular formula is C12H10FNO. The highest BCUT2D eigenvalue weighted by Gasteiger charge is 2.46. The van der Waals surface area contributed by atoms with Crippen LogP contribution in [-0.2, 0) is 10.2 Å². The van der Waals surface area contributed by atoms with Crippen LogP contribution in [0.2, 0.25) is 0 Å². The Balaban J connectivity index is 2.49. The molecule has 1 aromatic carbocycles. The molecule has 1 saturated carbocycles. The van der Waals surface area contributed by atoms with Crippen molar-refractivity contribution >= 4 is 5.78 Å². The zero-order valence-corrected chi connectivity index (χ0v) is 8.38. The van der Waals surface area contributed by atoms with Crippen LogP contribution in [0, 0.1) is 24.1 Å². The highest BCUT2D eigenvalue weighted by atomic mass is 19.1. The Morgan fingerprint density at radius 1 is 1.47 bits per heavy atom. The Labute approximate surface area is 87.3 Å². The van der Waals surface area contributed by atoms with Crippen molar-refractivity contribution in [2.24, 2.45) is 0 Å². The number of rotatable bonds is 1. The smallest absolute Gasteiger partial charge is 0.136 e. The minimum absolute atomic E-state index is 0.0696. The molecule has 0 amide bonds. The van der Waals surface area contributed by atoms with Gasteiger partial charge in [-0.15, -0.1) is 0 Å². The summed E-state index contributed by atoms with van der Waals surface area (Å²) in [6.45, 7) is 1.83. The largest absolute Gasteiger partial charge is 0.300 e. The molecule has 0 radical (unpaired) electrons. The molecule has 0 unspecified atom stereocenters. The van der Waals surface area contributed by atoms with Crippen molar-refractivity contribution in [3.63, 3.8) is 0 Å². The van der Waals surface area contributed by atoms with E-state index in [9.17, 15) is 9.18 Å². The third-order valence-corrected chi connectivity index (χ3v) is 2.93. The van der Waals surface area contributed by atoms with Gasteiger partial charge in [-0.3, -0.25) is 4.79 Å². The third kappa shape index (κ3) is 1.42. The van der Waals surface area contributed by atoms with Crippen molar-refractivity contribution < 1.29 is 9.18 Å². The van der Waals surface area contributed by atoms with Crippen molar-refractivity contribution in [2.45, 2.75) is 25.2 Å². The van der Waals surface area contributed by atoms with Crippen molar-refractivity contribution in [2.75, 3.05) is 0 Å². The molecular weight excluding hydrogens is 193 g/mol. The summed E-state index contributed by atoms with van der Waals surface area (Å²) < 4.78 is 13.1. The maximum atomic E-state index is 13.1. The van der Waals surface area contributed by atoms with Crippen molar-refractivity contribution in [1.82, 2.24) is 0 Å². The number of ketones is 1. The van der Waals surface area contributed by atoms with Gasteiger partial charge < -0.3 is 0 Å². The number of halogens is 1. The highest BCUT2D eigenvalue weighted by Crippen LogP contribution is 2.42. The van der Waals surface area contributed by atoms with E-state index < -0.39 is 5.41 Å². The van der Waals surface area contributed by atoms with E-state index in [-0.39, 0.29) is 24.4 Å². The van der Waals surface area contributed by atoms with E-state index in [0.29, 0.717) is 5.56 Å². The fourth-order valence-corrected chi connectivity index (χ4v) is 2.06. The average molecular weight is 203 g/mol. The maximum Gasteiger partial charge on any atom is 0.136 e. The second kappa shape index (κ2) is 3.16. The Kier molecular flexibility index (Phi) is 2.08. The molecule has 0 bridgehead atoms. The fourth-order valence-electron chi connectivity index (χ4n) is 2.06. The molecule has 0 saturated heterocycles. The molecule has 1 aliphatic rings. The number of carbonyl (C=O) groups is 1. The Hall–Kier alpha value is -1.69. The summed E-state index contributed by atoms with van der Waals surface area (Å²) in [5.41, 5.74) is 0.749. The summed E-state index contributed by atoms with van der Waals surface area (Å²) in [6.07, 6.45) is 0.432. The first-order chi connectivity index (χ1) is 7.07. The summed E-state index contributed by atoms with van der Waals surface area (Å²) in [6, 6.07) is 6.52. The van der Waals surface area contributed by atoms with Crippen LogP contribution in [0.15, 0.2) is 18.2 Å². The van der Waals surface area contributed by atoms with Crippen LogP contribution in [0.25, 0.3) is 0 Å². The number of aryl methyl sites for hydroxylation is 1. The fraction of sp³-hybridized carbons (Fsp3) is 0.333. The zero-order chi connectivity index (χ0) is 11.1. The van der Waals surface area contributed by atoms with Crippen LogP contribution < -0.4 is 0 Å². The topological polar surface area (TPSA) is 40.9 Å². The second-order valence-corrected chi connectivity index (χ2v) is 4.05. The summed E-state index contributed by atoms with van der Waals surface area (Å²) in [7, 11) is 0. The SMILES string of the molecule is Cc1ccc(F)cc1C1(C#N)CC(=O)C1. The Bertz CT molecular complexity index is 465. The molecule has 15 heavy (non-hydrogen) atoms. The first-order valence-electron chi connectivity index (χ1n) is 4.77. The van der Waals surface area contributed by atoms with Gasteiger partial charge in [0, 0.05) is 12.8 Å².